The number of aryl methyl sites for hydroxylation is 2. The summed E-state index contributed by atoms with van der Waals surface area (Å²) >= 11 is 8.25. The molecule has 0 nitrogen and oxygen atoms in total. The van der Waals surface area contributed by atoms with Crippen LogP contribution in [0.4, 0.5) is 0 Å². The highest BCUT2D eigenvalue weighted by molar-refractivity contribution is 7.31. The smallest absolute Gasteiger partial charge is 0.0397 e. The van der Waals surface area contributed by atoms with Crippen molar-refractivity contribution in [1.29, 1.82) is 0 Å². The Morgan fingerprint density at radius 1 is 0.341 bits per heavy atom. The zero-order chi connectivity index (χ0) is 29.4. The van der Waals surface area contributed by atoms with Gasteiger partial charge in [-0.15, -0.1) is 45.3 Å². The van der Waals surface area contributed by atoms with E-state index in [2.05, 4.69) is 72.9 Å². The topological polar surface area (TPSA) is 0 Å². The maximum absolute atomic E-state index is 2.46. The maximum atomic E-state index is 2.46. The van der Waals surface area contributed by atoms with Gasteiger partial charge >= 0.3 is 0 Å². The molecule has 224 valence electrons. The lowest BCUT2D eigenvalue weighted by molar-refractivity contribution is 0.601. The van der Waals surface area contributed by atoms with Crippen LogP contribution >= 0.6 is 45.3 Å². The van der Waals surface area contributed by atoms with Crippen molar-refractivity contribution in [3.63, 3.8) is 0 Å². The van der Waals surface area contributed by atoms with Gasteiger partial charge in [0.15, 0.2) is 0 Å². The van der Waals surface area contributed by atoms with E-state index in [1.54, 1.807) is 52.8 Å². The molecule has 0 radical (unpaired) electrons. The number of hydrogen-bond acceptors (Lipinski definition) is 4. The van der Waals surface area contributed by atoms with Crippen molar-refractivity contribution in [2.75, 3.05) is 0 Å². The van der Waals surface area contributed by atoms with Crippen LogP contribution in [0, 0.1) is 0 Å². The summed E-state index contributed by atoms with van der Waals surface area (Å²) in [7, 11) is 0. The molecule has 0 aliphatic heterocycles. The summed E-state index contributed by atoms with van der Waals surface area (Å²) < 4.78 is 12.1. The van der Waals surface area contributed by atoms with Gasteiger partial charge in [-0.1, -0.05) is 78.1 Å². The first-order chi connectivity index (χ1) is 21.8. The molecule has 4 heterocycles. The molecular weight excluding hydrogens is 609 g/mol. The van der Waals surface area contributed by atoms with Crippen molar-refractivity contribution >= 4 is 126 Å². The van der Waals surface area contributed by atoms with Gasteiger partial charge in [0.1, 0.15) is 0 Å². The lowest BCUT2D eigenvalue weighted by atomic mass is 9.89. The monoisotopic (exact) mass is 648 g/mol. The molecule has 0 aliphatic carbocycles. The first kappa shape index (κ1) is 28.0. The molecule has 0 atom stereocenters. The van der Waals surface area contributed by atoms with Crippen LogP contribution in [0.15, 0.2) is 36.4 Å². The minimum absolute atomic E-state index is 1.24. The quantitative estimate of drug-likeness (QED) is 0.103. The normalized spacial score (nSPS) is 13.1. The zero-order valence-corrected chi connectivity index (χ0v) is 29.3. The third-order valence-electron chi connectivity index (χ3n) is 10.4. The minimum atomic E-state index is 1.24. The molecular formula is C40H40S4. The highest BCUT2D eigenvalue weighted by Crippen LogP contribution is 2.57. The Bertz CT molecular complexity index is 2200. The highest BCUT2D eigenvalue weighted by Gasteiger charge is 2.28. The predicted molar refractivity (Wildman–Crippen MR) is 206 cm³/mol. The van der Waals surface area contributed by atoms with Gasteiger partial charge in [-0.05, 0) is 73.2 Å². The van der Waals surface area contributed by atoms with Crippen LogP contribution in [-0.4, -0.2) is 0 Å². The van der Waals surface area contributed by atoms with E-state index in [1.165, 1.54) is 129 Å². The summed E-state index contributed by atoms with van der Waals surface area (Å²) in [5, 5.41) is 12.5. The highest BCUT2D eigenvalue weighted by atomic mass is 32.1. The number of thiophene rings is 4. The summed E-state index contributed by atoms with van der Waals surface area (Å²) in [6.07, 6.45) is 18.8. The van der Waals surface area contributed by atoms with Gasteiger partial charge in [0.2, 0.25) is 0 Å². The van der Waals surface area contributed by atoms with E-state index in [9.17, 15) is 0 Å². The first-order valence-electron chi connectivity index (χ1n) is 17.2. The standard InChI is InChI=1S/C40H40S4/c1-3-5-7-9-11-13-15-23-24(16-14-12-10-8-6-4-2)40-38-36-30(44-40)22-20-28-34(36)32-26(42-28)18-17-25-31(32)33-27(41-25)19-21-29-35(33)37(38)39(23)43-29/h17-22H,3-16H2,1-2H3. The van der Waals surface area contributed by atoms with Crippen LogP contribution in [0.2, 0.25) is 0 Å². The van der Waals surface area contributed by atoms with E-state index in [0.29, 0.717) is 0 Å². The molecule has 4 aromatic heterocycles. The second-order valence-corrected chi connectivity index (χ2v) is 17.5. The minimum Gasteiger partial charge on any atom is -0.135 e. The largest absolute Gasteiger partial charge is 0.135 e. The molecule has 0 N–H and O–H groups in total. The van der Waals surface area contributed by atoms with Crippen LogP contribution in [0.3, 0.4) is 0 Å². The van der Waals surface area contributed by atoms with E-state index in [1.807, 2.05) is 22.7 Å². The van der Waals surface area contributed by atoms with Crippen LogP contribution in [0.1, 0.15) is 102 Å². The van der Waals surface area contributed by atoms with E-state index in [4.69, 9.17) is 0 Å². The van der Waals surface area contributed by atoms with E-state index >= 15 is 0 Å². The first-order valence-corrected chi connectivity index (χ1v) is 20.5. The Morgan fingerprint density at radius 3 is 1.00 bits per heavy atom. The Labute approximate surface area is 275 Å². The molecule has 5 aromatic carbocycles. The number of rotatable bonds is 14. The SMILES string of the molecule is CCCCCCCCc1c(CCCCCCCC)c2sc3ccc4sc5ccc6sc7ccc8sc1c1c8c7c6c5c4c3c21. The molecule has 0 bridgehead atoms. The van der Waals surface area contributed by atoms with Crippen molar-refractivity contribution in [2.24, 2.45) is 0 Å². The fourth-order valence-electron chi connectivity index (χ4n) is 8.35. The Kier molecular flexibility index (Phi) is 7.15. The second-order valence-electron chi connectivity index (χ2n) is 13.2. The third-order valence-corrected chi connectivity index (χ3v) is 15.1. The second kappa shape index (κ2) is 11.2. The third kappa shape index (κ3) is 4.10. The van der Waals surface area contributed by atoms with E-state index < -0.39 is 0 Å². The lowest BCUT2D eigenvalue weighted by Crippen LogP contribution is -1.98. The maximum Gasteiger partial charge on any atom is 0.0397 e. The van der Waals surface area contributed by atoms with Gasteiger partial charge in [0.05, 0.1) is 0 Å². The molecule has 44 heavy (non-hydrogen) atoms. The van der Waals surface area contributed by atoms with E-state index in [-0.39, 0.29) is 0 Å². The van der Waals surface area contributed by atoms with Gasteiger partial charge in [0, 0.05) is 80.7 Å². The van der Waals surface area contributed by atoms with Gasteiger partial charge in [-0.25, -0.2) is 0 Å². The van der Waals surface area contributed by atoms with Gasteiger partial charge in [0.25, 0.3) is 0 Å². The average molecular weight is 649 g/mol. The number of hydrogen-bond donors (Lipinski definition) is 0. The van der Waals surface area contributed by atoms with Gasteiger partial charge in [-0.2, -0.15) is 0 Å². The lowest BCUT2D eigenvalue weighted by Gasteiger charge is -2.15. The molecule has 0 unspecified atom stereocenters. The Morgan fingerprint density at radius 2 is 0.636 bits per heavy atom. The Balaban J connectivity index is 1.34. The summed E-state index contributed by atoms with van der Waals surface area (Å²) in [6, 6.07) is 14.6. The fraction of sp³-hybridized carbons (Fsp3) is 0.400. The van der Waals surface area contributed by atoms with Gasteiger partial charge < -0.3 is 0 Å². The van der Waals surface area contributed by atoms with Crippen molar-refractivity contribution in [1.82, 2.24) is 0 Å². The summed E-state index contributed by atoms with van der Waals surface area (Å²) in [6.45, 7) is 4.65. The average Bonchev–Trinajstić information content (AvgIpc) is 3.78. The van der Waals surface area contributed by atoms with E-state index in [0.717, 1.165) is 0 Å². The van der Waals surface area contributed by atoms with Crippen molar-refractivity contribution < 1.29 is 0 Å². The molecule has 4 heteroatoms. The van der Waals surface area contributed by atoms with Crippen LogP contribution in [0.5, 0.6) is 0 Å². The number of benzene rings is 4. The Hall–Kier alpha value is -2.24. The molecule has 9 rings (SSSR count). The van der Waals surface area contributed by atoms with Crippen molar-refractivity contribution in [2.45, 2.75) is 104 Å². The fourth-order valence-corrected chi connectivity index (χ4v) is 13.2. The van der Waals surface area contributed by atoms with Crippen molar-refractivity contribution in [3.05, 3.63) is 47.5 Å². The van der Waals surface area contributed by atoms with Crippen LogP contribution in [0.25, 0.3) is 80.7 Å². The predicted octanol–water partition coefficient (Wildman–Crippen LogP) is 15.3. The molecule has 0 spiro atoms. The molecule has 0 fully saturated rings. The molecule has 0 amide bonds. The summed E-state index contributed by atoms with van der Waals surface area (Å²) in [5.74, 6) is 0. The van der Waals surface area contributed by atoms with Gasteiger partial charge in [-0.3, -0.25) is 0 Å². The molecule has 0 saturated heterocycles. The molecule has 0 aliphatic rings. The summed E-state index contributed by atoms with van der Waals surface area (Å²) in [5.41, 5.74) is 3.42. The molecule has 9 aromatic rings. The molecule has 0 saturated carbocycles. The number of unbranched alkanes of at least 4 members (excludes halogenated alkanes) is 10. The van der Waals surface area contributed by atoms with Crippen LogP contribution in [-0.2, 0) is 12.8 Å². The zero-order valence-electron chi connectivity index (χ0n) is 26.0. The van der Waals surface area contributed by atoms with Crippen molar-refractivity contribution in [3.8, 4) is 0 Å². The summed E-state index contributed by atoms with van der Waals surface area (Å²) in [4.78, 5) is 0. The van der Waals surface area contributed by atoms with Crippen LogP contribution < -0.4 is 0 Å².